The maximum atomic E-state index is 3.48. The maximum Gasteiger partial charge on any atom is 0.0185 e. The average Bonchev–Trinajstić information content (AvgIpc) is 2.37. The molecule has 0 spiro atoms. The second-order valence-electron chi connectivity index (χ2n) is 2.75. The summed E-state index contributed by atoms with van der Waals surface area (Å²) < 4.78 is 0. The van der Waals surface area contributed by atoms with Gasteiger partial charge in [-0.15, -0.1) is 0 Å². The number of alkyl halides is 1. The lowest BCUT2D eigenvalue weighted by Crippen LogP contribution is -2.30. The van der Waals surface area contributed by atoms with Crippen LogP contribution in [-0.2, 0) is 0 Å². The van der Waals surface area contributed by atoms with Gasteiger partial charge in [-0.3, -0.25) is 4.90 Å². The number of rotatable bonds is 2. The molecule has 1 atom stereocenters. The van der Waals surface area contributed by atoms with Crippen molar-refractivity contribution in [3.05, 3.63) is 0 Å². The number of likely N-dealkylation sites (tertiary alicyclic amines) is 1. The van der Waals surface area contributed by atoms with Crippen molar-refractivity contribution in [3.63, 3.8) is 0 Å². The highest BCUT2D eigenvalue weighted by molar-refractivity contribution is 9.09. The molecule has 1 fully saturated rings. The van der Waals surface area contributed by atoms with E-state index >= 15 is 0 Å². The number of hydrogen-bond donors (Lipinski definition) is 0. The SMILES string of the molecule is C[C@@H](CBr)N1CCCC1. The predicted molar refractivity (Wildman–Crippen MR) is 44.1 cm³/mol. The van der Waals surface area contributed by atoms with Gasteiger partial charge in [0.05, 0.1) is 0 Å². The van der Waals surface area contributed by atoms with Crippen LogP contribution in [0.5, 0.6) is 0 Å². The van der Waals surface area contributed by atoms with Crippen molar-refractivity contribution in [2.24, 2.45) is 0 Å². The fraction of sp³-hybridized carbons (Fsp3) is 1.00. The van der Waals surface area contributed by atoms with E-state index in [-0.39, 0.29) is 0 Å². The molecule has 0 bridgehead atoms. The standard InChI is InChI=1S/C7H14BrN/c1-7(6-8)9-4-2-3-5-9/h7H,2-6H2,1H3/t7-/m0/s1. The largest absolute Gasteiger partial charge is 0.300 e. The van der Waals surface area contributed by atoms with Gasteiger partial charge in [0, 0.05) is 11.4 Å². The first-order valence-electron chi connectivity index (χ1n) is 3.64. The lowest BCUT2D eigenvalue weighted by atomic mass is 10.3. The van der Waals surface area contributed by atoms with E-state index in [1.165, 1.54) is 25.9 Å². The van der Waals surface area contributed by atoms with E-state index < -0.39 is 0 Å². The summed E-state index contributed by atoms with van der Waals surface area (Å²) in [6.45, 7) is 4.90. The fourth-order valence-corrected chi connectivity index (χ4v) is 1.69. The monoisotopic (exact) mass is 191 g/mol. The Hall–Kier alpha value is 0.440. The second-order valence-corrected chi connectivity index (χ2v) is 3.39. The van der Waals surface area contributed by atoms with Crippen LogP contribution in [0.2, 0.25) is 0 Å². The number of hydrogen-bond acceptors (Lipinski definition) is 1. The third kappa shape index (κ3) is 1.94. The zero-order valence-electron chi connectivity index (χ0n) is 5.94. The van der Waals surface area contributed by atoms with Crippen molar-refractivity contribution in [3.8, 4) is 0 Å². The molecule has 1 aliphatic rings. The summed E-state index contributed by atoms with van der Waals surface area (Å²) in [4.78, 5) is 2.54. The van der Waals surface area contributed by atoms with Crippen molar-refractivity contribution in [2.45, 2.75) is 25.8 Å². The van der Waals surface area contributed by atoms with Gasteiger partial charge in [0.25, 0.3) is 0 Å². The van der Waals surface area contributed by atoms with E-state index in [1.807, 2.05) is 0 Å². The van der Waals surface area contributed by atoms with Crippen LogP contribution in [0.3, 0.4) is 0 Å². The Morgan fingerprint density at radius 1 is 1.44 bits per heavy atom. The van der Waals surface area contributed by atoms with Crippen molar-refractivity contribution < 1.29 is 0 Å². The van der Waals surface area contributed by atoms with Gasteiger partial charge >= 0.3 is 0 Å². The van der Waals surface area contributed by atoms with Crippen LogP contribution in [-0.4, -0.2) is 29.4 Å². The van der Waals surface area contributed by atoms with E-state index in [2.05, 4.69) is 27.8 Å². The van der Waals surface area contributed by atoms with Crippen molar-refractivity contribution in [1.29, 1.82) is 0 Å². The van der Waals surface area contributed by atoms with Gasteiger partial charge in [0.2, 0.25) is 0 Å². The molecule has 1 rings (SSSR count). The predicted octanol–water partition coefficient (Wildman–Crippen LogP) is 1.87. The molecule has 0 aliphatic carbocycles. The molecule has 54 valence electrons. The summed E-state index contributed by atoms with van der Waals surface area (Å²) in [7, 11) is 0. The normalized spacial score (nSPS) is 24.7. The topological polar surface area (TPSA) is 3.24 Å². The lowest BCUT2D eigenvalue weighted by Gasteiger charge is -2.20. The highest BCUT2D eigenvalue weighted by atomic mass is 79.9. The first kappa shape index (κ1) is 7.55. The van der Waals surface area contributed by atoms with Gasteiger partial charge < -0.3 is 0 Å². The van der Waals surface area contributed by atoms with Crippen LogP contribution in [0, 0.1) is 0 Å². The van der Waals surface area contributed by atoms with Crippen LogP contribution >= 0.6 is 15.9 Å². The van der Waals surface area contributed by atoms with Crippen molar-refractivity contribution in [1.82, 2.24) is 4.90 Å². The van der Waals surface area contributed by atoms with Crippen molar-refractivity contribution in [2.75, 3.05) is 18.4 Å². The smallest absolute Gasteiger partial charge is 0.0185 e. The van der Waals surface area contributed by atoms with E-state index in [4.69, 9.17) is 0 Å². The van der Waals surface area contributed by atoms with Gasteiger partial charge in [-0.2, -0.15) is 0 Å². The molecule has 0 radical (unpaired) electrons. The molecule has 1 saturated heterocycles. The molecule has 9 heavy (non-hydrogen) atoms. The Labute approximate surface area is 65.6 Å². The molecular weight excluding hydrogens is 178 g/mol. The highest BCUT2D eigenvalue weighted by Gasteiger charge is 2.15. The van der Waals surface area contributed by atoms with E-state index in [1.54, 1.807) is 0 Å². The second kappa shape index (κ2) is 3.57. The minimum Gasteiger partial charge on any atom is -0.300 e. The molecule has 1 heterocycles. The summed E-state index contributed by atoms with van der Waals surface area (Å²) in [6, 6.07) is 0.743. The Bertz CT molecular complexity index is 79.0. The summed E-state index contributed by atoms with van der Waals surface area (Å²) in [5.74, 6) is 0. The van der Waals surface area contributed by atoms with Crippen LogP contribution in [0.4, 0.5) is 0 Å². The first-order valence-corrected chi connectivity index (χ1v) is 4.76. The molecule has 0 aromatic heterocycles. The molecule has 2 heteroatoms. The van der Waals surface area contributed by atoms with E-state index in [9.17, 15) is 0 Å². The number of halogens is 1. The molecular formula is C7H14BrN. The Kier molecular flexibility index (Phi) is 2.99. The Morgan fingerprint density at radius 2 is 2.00 bits per heavy atom. The third-order valence-electron chi connectivity index (χ3n) is 1.99. The Morgan fingerprint density at radius 3 is 2.44 bits per heavy atom. The minimum atomic E-state index is 0.743. The molecule has 0 unspecified atom stereocenters. The van der Waals surface area contributed by atoms with Crippen LogP contribution < -0.4 is 0 Å². The van der Waals surface area contributed by atoms with Crippen LogP contribution in [0.15, 0.2) is 0 Å². The molecule has 0 aromatic rings. The molecule has 0 N–H and O–H groups in total. The Balaban J connectivity index is 2.24. The summed E-state index contributed by atoms with van der Waals surface area (Å²) >= 11 is 3.48. The van der Waals surface area contributed by atoms with Crippen LogP contribution in [0.1, 0.15) is 19.8 Å². The zero-order valence-corrected chi connectivity index (χ0v) is 7.52. The lowest BCUT2D eigenvalue weighted by molar-refractivity contribution is 0.281. The number of nitrogens with zero attached hydrogens (tertiary/aromatic N) is 1. The van der Waals surface area contributed by atoms with Gasteiger partial charge in [-0.1, -0.05) is 15.9 Å². The molecule has 1 aliphatic heterocycles. The maximum absolute atomic E-state index is 3.48. The van der Waals surface area contributed by atoms with Gasteiger partial charge in [-0.05, 0) is 32.9 Å². The van der Waals surface area contributed by atoms with Gasteiger partial charge in [0.1, 0.15) is 0 Å². The fourth-order valence-electron chi connectivity index (χ4n) is 1.28. The summed E-state index contributed by atoms with van der Waals surface area (Å²) in [5.41, 5.74) is 0. The minimum absolute atomic E-state index is 0.743. The van der Waals surface area contributed by atoms with E-state index in [0.717, 1.165) is 11.4 Å². The molecule has 0 saturated carbocycles. The molecule has 0 amide bonds. The van der Waals surface area contributed by atoms with E-state index in [0.29, 0.717) is 0 Å². The van der Waals surface area contributed by atoms with Crippen LogP contribution in [0.25, 0.3) is 0 Å². The summed E-state index contributed by atoms with van der Waals surface area (Å²) in [6.07, 6.45) is 2.80. The zero-order chi connectivity index (χ0) is 6.69. The average molecular weight is 192 g/mol. The van der Waals surface area contributed by atoms with Crippen molar-refractivity contribution >= 4 is 15.9 Å². The summed E-state index contributed by atoms with van der Waals surface area (Å²) in [5, 5.41) is 1.12. The molecule has 1 nitrogen and oxygen atoms in total. The quantitative estimate of drug-likeness (QED) is 0.603. The molecule has 0 aromatic carbocycles. The third-order valence-corrected chi connectivity index (χ3v) is 2.92. The first-order chi connectivity index (χ1) is 4.34. The highest BCUT2D eigenvalue weighted by Crippen LogP contribution is 2.12. The van der Waals surface area contributed by atoms with Gasteiger partial charge in [-0.25, -0.2) is 0 Å². The van der Waals surface area contributed by atoms with Gasteiger partial charge in [0.15, 0.2) is 0 Å².